The molecule has 4 N–H and O–H groups in total. The Kier molecular flexibility index (Phi) is 9.77. The highest BCUT2D eigenvalue weighted by atomic mass is 16.5. The van der Waals surface area contributed by atoms with E-state index in [1.807, 2.05) is 48.5 Å². The standard InChI is InChI=1S/C23H26N2O6/c26-19(15-24-23(30)31-16-18-10-5-2-6-11-18)14-21(27)25-20(22(28)29)13-7-12-17-8-3-1-4-9-17/h1-12,19-20,26H,13-16H2,(H,24,30)(H,25,27)(H,28,29)/b12-7+/t19-,20-/m0/s1. The molecule has 0 unspecified atom stereocenters. The number of aliphatic carboxylic acids is 1. The highest BCUT2D eigenvalue weighted by Crippen LogP contribution is 2.05. The summed E-state index contributed by atoms with van der Waals surface area (Å²) in [5.74, 6) is -1.81. The summed E-state index contributed by atoms with van der Waals surface area (Å²) in [4.78, 5) is 35.1. The second-order valence-corrected chi connectivity index (χ2v) is 6.81. The van der Waals surface area contributed by atoms with Crippen molar-refractivity contribution in [2.24, 2.45) is 0 Å². The smallest absolute Gasteiger partial charge is 0.407 e. The van der Waals surface area contributed by atoms with Crippen molar-refractivity contribution in [1.82, 2.24) is 10.6 Å². The summed E-state index contributed by atoms with van der Waals surface area (Å²) in [6.07, 6.45) is 1.26. The first-order valence-corrected chi connectivity index (χ1v) is 9.80. The molecule has 0 aromatic heterocycles. The first-order valence-electron chi connectivity index (χ1n) is 9.80. The number of benzene rings is 2. The number of aliphatic hydroxyl groups is 1. The lowest BCUT2D eigenvalue weighted by Crippen LogP contribution is -2.43. The Balaban J connectivity index is 1.70. The molecule has 0 spiro atoms. The number of ether oxygens (including phenoxy) is 1. The van der Waals surface area contributed by atoms with Gasteiger partial charge in [-0.05, 0) is 17.5 Å². The number of alkyl carbamates (subject to hydrolysis) is 1. The van der Waals surface area contributed by atoms with Crippen molar-refractivity contribution in [3.8, 4) is 0 Å². The number of carbonyl (C=O) groups is 3. The molecule has 0 aliphatic heterocycles. The van der Waals surface area contributed by atoms with Gasteiger partial charge in [-0.15, -0.1) is 0 Å². The average molecular weight is 426 g/mol. The van der Waals surface area contributed by atoms with Gasteiger partial charge in [0.15, 0.2) is 0 Å². The average Bonchev–Trinajstić information content (AvgIpc) is 2.77. The van der Waals surface area contributed by atoms with Crippen molar-refractivity contribution in [3.63, 3.8) is 0 Å². The number of hydrogen-bond donors (Lipinski definition) is 4. The SMILES string of the molecule is O=C(C[C@H](O)CNC(=O)OCc1ccccc1)N[C@@H](C/C=C/c1ccccc1)C(=O)O. The molecule has 0 saturated carbocycles. The number of rotatable bonds is 11. The van der Waals surface area contributed by atoms with E-state index in [0.717, 1.165) is 11.1 Å². The van der Waals surface area contributed by atoms with Crippen LogP contribution in [0.2, 0.25) is 0 Å². The minimum absolute atomic E-state index is 0.0834. The maximum atomic E-state index is 12.1. The van der Waals surface area contributed by atoms with Crippen LogP contribution in [0.3, 0.4) is 0 Å². The van der Waals surface area contributed by atoms with Crippen LogP contribution in [0.25, 0.3) is 6.08 Å². The lowest BCUT2D eigenvalue weighted by molar-refractivity contribution is -0.142. The fourth-order valence-electron chi connectivity index (χ4n) is 2.64. The summed E-state index contributed by atoms with van der Waals surface area (Å²) in [5.41, 5.74) is 1.73. The molecule has 0 radical (unpaired) electrons. The molecular formula is C23H26N2O6. The lowest BCUT2D eigenvalue weighted by Gasteiger charge is -2.15. The van der Waals surface area contributed by atoms with Crippen LogP contribution in [0.1, 0.15) is 24.0 Å². The van der Waals surface area contributed by atoms with Gasteiger partial charge in [-0.2, -0.15) is 0 Å². The number of carboxylic acid groups (broad SMARTS) is 1. The maximum Gasteiger partial charge on any atom is 0.407 e. The van der Waals surface area contributed by atoms with E-state index < -0.39 is 30.1 Å². The Hall–Kier alpha value is -3.65. The van der Waals surface area contributed by atoms with Gasteiger partial charge < -0.3 is 25.6 Å². The molecule has 2 aromatic rings. The van der Waals surface area contributed by atoms with E-state index in [4.69, 9.17) is 4.74 Å². The zero-order chi connectivity index (χ0) is 22.5. The second kappa shape index (κ2) is 12.8. The highest BCUT2D eigenvalue weighted by Gasteiger charge is 2.20. The van der Waals surface area contributed by atoms with E-state index in [0.29, 0.717) is 0 Å². The van der Waals surface area contributed by atoms with E-state index in [9.17, 15) is 24.6 Å². The maximum absolute atomic E-state index is 12.1. The molecule has 8 nitrogen and oxygen atoms in total. The normalized spacial score (nSPS) is 12.7. The van der Waals surface area contributed by atoms with Crippen molar-refractivity contribution >= 4 is 24.0 Å². The molecule has 0 aliphatic rings. The van der Waals surface area contributed by atoms with E-state index >= 15 is 0 Å². The Labute approximate surface area is 180 Å². The summed E-state index contributed by atoms with van der Waals surface area (Å²) in [7, 11) is 0. The summed E-state index contributed by atoms with van der Waals surface area (Å²) < 4.78 is 5.01. The van der Waals surface area contributed by atoms with Crippen LogP contribution in [0.4, 0.5) is 4.79 Å². The molecule has 0 heterocycles. The van der Waals surface area contributed by atoms with Crippen LogP contribution in [0.15, 0.2) is 66.7 Å². The molecule has 164 valence electrons. The minimum atomic E-state index is -1.18. The number of carbonyl (C=O) groups excluding carboxylic acids is 2. The number of aliphatic hydroxyl groups excluding tert-OH is 1. The fraction of sp³-hybridized carbons (Fsp3) is 0.261. The molecule has 8 heteroatoms. The van der Waals surface area contributed by atoms with Crippen LogP contribution >= 0.6 is 0 Å². The van der Waals surface area contributed by atoms with E-state index in [1.165, 1.54) is 0 Å². The van der Waals surface area contributed by atoms with Crippen molar-refractivity contribution in [1.29, 1.82) is 0 Å². The molecule has 2 aromatic carbocycles. The van der Waals surface area contributed by atoms with Crippen LogP contribution in [-0.2, 0) is 20.9 Å². The monoisotopic (exact) mass is 426 g/mol. The summed E-state index contributed by atoms with van der Waals surface area (Å²) in [6, 6.07) is 17.3. The van der Waals surface area contributed by atoms with Gasteiger partial charge in [-0.3, -0.25) is 4.79 Å². The summed E-state index contributed by atoms with van der Waals surface area (Å²) >= 11 is 0. The number of carboxylic acids is 1. The van der Waals surface area contributed by atoms with Crippen LogP contribution < -0.4 is 10.6 Å². The van der Waals surface area contributed by atoms with Crippen molar-refractivity contribution < 1.29 is 29.3 Å². The second-order valence-electron chi connectivity index (χ2n) is 6.81. The third-order valence-corrected chi connectivity index (χ3v) is 4.23. The van der Waals surface area contributed by atoms with Gasteiger partial charge in [0.2, 0.25) is 5.91 Å². The molecule has 0 saturated heterocycles. The largest absolute Gasteiger partial charge is 0.480 e. The summed E-state index contributed by atoms with van der Waals surface area (Å²) in [5, 5.41) is 24.0. The lowest BCUT2D eigenvalue weighted by atomic mass is 10.1. The van der Waals surface area contributed by atoms with Gasteiger partial charge in [0.05, 0.1) is 12.5 Å². The third kappa shape index (κ3) is 9.60. The molecule has 0 fully saturated rings. The van der Waals surface area contributed by atoms with E-state index in [-0.39, 0.29) is 26.0 Å². The van der Waals surface area contributed by atoms with Gasteiger partial charge in [0.25, 0.3) is 0 Å². The number of hydrogen-bond acceptors (Lipinski definition) is 5. The first kappa shape index (κ1) is 23.6. The van der Waals surface area contributed by atoms with Gasteiger partial charge in [0.1, 0.15) is 12.6 Å². The van der Waals surface area contributed by atoms with Crippen molar-refractivity contribution in [3.05, 3.63) is 77.9 Å². The van der Waals surface area contributed by atoms with Crippen molar-refractivity contribution in [2.75, 3.05) is 6.54 Å². The van der Waals surface area contributed by atoms with E-state index in [1.54, 1.807) is 24.3 Å². The topological polar surface area (TPSA) is 125 Å². The molecule has 0 bridgehead atoms. The van der Waals surface area contributed by atoms with Gasteiger partial charge in [-0.25, -0.2) is 9.59 Å². The van der Waals surface area contributed by atoms with Crippen LogP contribution in [-0.4, -0.2) is 46.9 Å². The fourth-order valence-corrected chi connectivity index (χ4v) is 2.64. The first-order chi connectivity index (χ1) is 14.9. The molecule has 2 rings (SSSR count). The Morgan fingerprint density at radius 1 is 1.00 bits per heavy atom. The quantitative estimate of drug-likeness (QED) is 0.437. The minimum Gasteiger partial charge on any atom is -0.480 e. The van der Waals surface area contributed by atoms with Crippen molar-refractivity contribution in [2.45, 2.75) is 31.6 Å². The molecule has 31 heavy (non-hydrogen) atoms. The Morgan fingerprint density at radius 2 is 1.65 bits per heavy atom. The molecular weight excluding hydrogens is 400 g/mol. The van der Waals surface area contributed by atoms with Crippen LogP contribution in [0.5, 0.6) is 0 Å². The molecule has 2 atom stereocenters. The van der Waals surface area contributed by atoms with Gasteiger partial charge in [0, 0.05) is 6.54 Å². The Morgan fingerprint density at radius 3 is 2.29 bits per heavy atom. The number of nitrogens with one attached hydrogen (secondary N) is 2. The van der Waals surface area contributed by atoms with Crippen LogP contribution in [0, 0.1) is 0 Å². The number of amides is 2. The zero-order valence-corrected chi connectivity index (χ0v) is 16.9. The predicted octanol–water partition coefficient (Wildman–Crippen LogP) is 2.34. The zero-order valence-electron chi connectivity index (χ0n) is 16.9. The summed E-state index contributed by atoms with van der Waals surface area (Å²) in [6.45, 7) is -0.118. The van der Waals surface area contributed by atoms with Gasteiger partial charge >= 0.3 is 12.1 Å². The Bertz CT molecular complexity index is 870. The van der Waals surface area contributed by atoms with Gasteiger partial charge in [-0.1, -0.05) is 72.8 Å². The molecule has 0 aliphatic carbocycles. The highest BCUT2D eigenvalue weighted by molar-refractivity contribution is 5.84. The third-order valence-electron chi connectivity index (χ3n) is 4.23. The molecule has 2 amide bonds. The predicted molar refractivity (Wildman–Crippen MR) is 115 cm³/mol. The van der Waals surface area contributed by atoms with E-state index in [2.05, 4.69) is 10.6 Å².